The molecule has 0 aromatic heterocycles. The molecule has 88 valence electrons. The van der Waals surface area contributed by atoms with Crippen LogP contribution in [-0.2, 0) is 4.74 Å². The fourth-order valence-corrected chi connectivity index (χ4v) is 3.34. The van der Waals surface area contributed by atoms with Gasteiger partial charge in [0.05, 0.1) is 0 Å². The standard InChI is InChI=1S/C13H25NO/c1-2-14-13-8-4-3-7-12(13)11-6-5-9-15-10-11/h11-14H,2-10H2,1H3. The molecule has 1 aliphatic carbocycles. The Morgan fingerprint density at radius 2 is 2.00 bits per heavy atom. The molecule has 3 atom stereocenters. The van der Waals surface area contributed by atoms with Crippen LogP contribution in [-0.4, -0.2) is 25.8 Å². The molecule has 0 spiro atoms. The number of rotatable bonds is 3. The summed E-state index contributed by atoms with van der Waals surface area (Å²) in [6.07, 6.45) is 8.33. The number of hydrogen-bond donors (Lipinski definition) is 1. The predicted molar refractivity (Wildman–Crippen MR) is 63.0 cm³/mol. The lowest BCUT2D eigenvalue weighted by atomic mass is 9.74. The molecule has 1 saturated heterocycles. The van der Waals surface area contributed by atoms with Crippen molar-refractivity contribution in [3.63, 3.8) is 0 Å². The Bertz CT molecular complexity index is 165. The van der Waals surface area contributed by atoms with E-state index in [0.29, 0.717) is 0 Å². The summed E-state index contributed by atoms with van der Waals surface area (Å²) in [7, 11) is 0. The molecule has 0 bridgehead atoms. The van der Waals surface area contributed by atoms with Crippen LogP contribution in [0.4, 0.5) is 0 Å². The maximum Gasteiger partial charge on any atom is 0.0497 e. The maximum absolute atomic E-state index is 5.63. The zero-order chi connectivity index (χ0) is 10.5. The first-order chi connectivity index (χ1) is 7.42. The summed E-state index contributed by atoms with van der Waals surface area (Å²) in [5.41, 5.74) is 0. The van der Waals surface area contributed by atoms with Crippen molar-refractivity contribution in [3.8, 4) is 0 Å². The Balaban J connectivity index is 1.90. The van der Waals surface area contributed by atoms with Crippen molar-refractivity contribution in [3.05, 3.63) is 0 Å². The monoisotopic (exact) mass is 211 g/mol. The molecule has 1 heterocycles. The second-order valence-electron chi connectivity index (χ2n) is 5.09. The van der Waals surface area contributed by atoms with Gasteiger partial charge >= 0.3 is 0 Å². The molecule has 2 nitrogen and oxygen atoms in total. The van der Waals surface area contributed by atoms with Crippen LogP contribution in [0.2, 0.25) is 0 Å². The topological polar surface area (TPSA) is 21.3 Å². The van der Waals surface area contributed by atoms with E-state index in [1.165, 1.54) is 38.5 Å². The summed E-state index contributed by atoms with van der Waals surface area (Å²) < 4.78 is 5.63. The van der Waals surface area contributed by atoms with Crippen molar-refractivity contribution in [1.29, 1.82) is 0 Å². The summed E-state index contributed by atoms with van der Waals surface area (Å²) in [4.78, 5) is 0. The highest BCUT2D eigenvalue weighted by molar-refractivity contribution is 4.86. The van der Waals surface area contributed by atoms with E-state index in [-0.39, 0.29) is 0 Å². The fourth-order valence-electron chi connectivity index (χ4n) is 3.34. The maximum atomic E-state index is 5.63. The lowest BCUT2D eigenvalue weighted by molar-refractivity contribution is 0.0132. The second kappa shape index (κ2) is 5.86. The van der Waals surface area contributed by atoms with Crippen LogP contribution in [0.15, 0.2) is 0 Å². The van der Waals surface area contributed by atoms with E-state index >= 15 is 0 Å². The molecule has 2 rings (SSSR count). The van der Waals surface area contributed by atoms with Crippen molar-refractivity contribution >= 4 is 0 Å². The summed E-state index contributed by atoms with van der Waals surface area (Å²) in [5, 5.41) is 3.68. The average molecular weight is 211 g/mol. The predicted octanol–water partition coefficient (Wildman–Crippen LogP) is 2.58. The minimum absolute atomic E-state index is 0.774. The van der Waals surface area contributed by atoms with E-state index in [2.05, 4.69) is 12.2 Å². The first-order valence-corrected chi connectivity index (χ1v) is 6.73. The number of hydrogen-bond acceptors (Lipinski definition) is 2. The van der Waals surface area contributed by atoms with Crippen LogP contribution in [0.3, 0.4) is 0 Å². The normalized spacial score (nSPS) is 37.8. The van der Waals surface area contributed by atoms with Crippen molar-refractivity contribution in [1.82, 2.24) is 5.32 Å². The second-order valence-corrected chi connectivity index (χ2v) is 5.09. The van der Waals surface area contributed by atoms with Gasteiger partial charge < -0.3 is 10.1 Å². The van der Waals surface area contributed by atoms with Crippen LogP contribution in [0.25, 0.3) is 0 Å². The molecule has 1 N–H and O–H groups in total. The Hall–Kier alpha value is -0.0800. The molecule has 1 saturated carbocycles. The minimum Gasteiger partial charge on any atom is -0.381 e. The highest BCUT2D eigenvalue weighted by Gasteiger charge is 2.32. The largest absolute Gasteiger partial charge is 0.381 e. The molecule has 15 heavy (non-hydrogen) atoms. The lowest BCUT2D eigenvalue weighted by Gasteiger charge is -2.39. The van der Waals surface area contributed by atoms with Gasteiger partial charge in [-0.05, 0) is 44.1 Å². The van der Waals surface area contributed by atoms with Gasteiger partial charge in [-0.25, -0.2) is 0 Å². The molecule has 3 unspecified atom stereocenters. The molecule has 2 heteroatoms. The van der Waals surface area contributed by atoms with Crippen LogP contribution >= 0.6 is 0 Å². The van der Waals surface area contributed by atoms with Crippen LogP contribution < -0.4 is 5.32 Å². The molecule has 2 aliphatic rings. The SMILES string of the molecule is CCNC1CCCCC1C1CCCOC1. The van der Waals surface area contributed by atoms with Gasteiger partial charge in [-0.1, -0.05) is 19.8 Å². The molecule has 0 aromatic rings. The van der Waals surface area contributed by atoms with Gasteiger partial charge in [0.15, 0.2) is 0 Å². The molecule has 2 fully saturated rings. The summed E-state index contributed by atoms with van der Waals surface area (Å²) in [6, 6.07) is 0.774. The molecular weight excluding hydrogens is 186 g/mol. The van der Waals surface area contributed by atoms with E-state index in [1.54, 1.807) is 0 Å². The van der Waals surface area contributed by atoms with E-state index in [4.69, 9.17) is 4.74 Å². The van der Waals surface area contributed by atoms with E-state index in [1.807, 2.05) is 0 Å². The lowest BCUT2D eigenvalue weighted by Crippen LogP contribution is -2.43. The van der Waals surface area contributed by atoms with Crippen molar-refractivity contribution in [2.75, 3.05) is 19.8 Å². The molecule has 0 aromatic carbocycles. The highest BCUT2D eigenvalue weighted by Crippen LogP contribution is 2.34. The van der Waals surface area contributed by atoms with Crippen molar-refractivity contribution < 1.29 is 4.74 Å². The highest BCUT2D eigenvalue weighted by atomic mass is 16.5. The Kier molecular flexibility index (Phi) is 4.45. The van der Waals surface area contributed by atoms with Gasteiger partial charge in [0.2, 0.25) is 0 Å². The minimum atomic E-state index is 0.774. The van der Waals surface area contributed by atoms with Gasteiger partial charge in [-0.3, -0.25) is 0 Å². The number of ether oxygens (including phenoxy) is 1. The van der Waals surface area contributed by atoms with E-state index in [0.717, 1.165) is 37.6 Å². The molecule has 0 radical (unpaired) electrons. The van der Waals surface area contributed by atoms with Gasteiger partial charge in [-0.2, -0.15) is 0 Å². The first-order valence-electron chi connectivity index (χ1n) is 6.73. The third-order valence-electron chi connectivity index (χ3n) is 4.09. The third kappa shape index (κ3) is 2.94. The summed E-state index contributed by atoms with van der Waals surface area (Å²) in [6.45, 7) is 5.36. The summed E-state index contributed by atoms with van der Waals surface area (Å²) >= 11 is 0. The van der Waals surface area contributed by atoms with Crippen LogP contribution in [0, 0.1) is 11.8 Å². The Morgan fingerprint density at radius 3 is 2.73 bits per heavy atom. The van der Waals surface area contributed by atoms with Crippen molar-refractivity contribution in [2.45, 2.75) is 51.5 Å². The Morgan fingerprint density at radius 1 is 1.13 bits per heavy atom. The molecule has 1 aliphatic heterocycles. The fraction of sp³-hybridized carbons (Fsp3) is 1.00. The van der Waals surface area contributed by atoms with Gasteiger partial charge in [0, 0.05) is 19.3 Å². The quantitative estimate of drug-likeness (QED) is 0.774. The van der Waals surface area contributed by atoms with Gasteiger partial charge in [0.25, 0.3) is 0 Å². The van der Waals surface area contributed by atoms with E-state index in [9.17, 15) is 0 Å². The van der Waals surface area contributed by atoms with Crippen LogP contribution in [0.5, 0.6) is 0 Å². The third-order valence-corrected chi connectivity index (χ3v) is 4.09. The smallest absolute Gasteiger partial charge is 0.0497 e. The average Bonchev–Trinajstić information content (AvgIpc) is 2.31. The summed E-state index contributed by atoms with van der Waals surface area (Å²) in [5.74, 6) is 1.72. The molecular formula is C13H25NO. The van der Waals surface area contributed by atoms with Gasteiger partial charge in [-0.15, -0.1) is 0 Å². The molecule has 0 amide bonds. The first kappa shape index (κ1) is 11.4. The van der Waals surface area contributed by atoms with Crippen molar-refractivity contribution in [2.24, 2.45) is 11.8 Å². The number of nitrogens with one attached hydrogen (secondary N) is 1. The van der Waals surface area contributed by atoms with Crippen LogP contribution in [0.1, 0.15) is 45.4 Å². The van der Waals surface area contributed by atoms with E-state index < -0.39 is 0 Å². The zero-order valence-electron chi connectivity index (χ0n) is 10.0. The van der Waals surface area contributed by atoms with Gasteiger partial charge in [0.1, 0.15) is 0 Å². The zero-order valence-corrected chi connectivity index (χ0v) is 10.0. The Labute approximate surface area is 93.8 Å².